The fraction of sp³-hybridized carbons (Fsp3) is 0.222. The van der Waals surface area contributed by atoms with E-state index in [0.29, 0.717) is 12.0 Å². The van der Waals surface area contributed by atoms with Crippen molar-refractivity contribution in [3.8, 4) is 0 Å². The molecule has 0 aromatic rings. The molecule has 2 nitrogen and oxygen atoms in total. The van der Waals surface area contributed by atoms with E-state index in [1.807, 2.05) is 6.08 Å². The Morgan fingerprint density at radius 1 is 1.55 bits per heavy atom. The predicted octanol–water partition coefficient (Wildman–Crippen LogP) is 1.85. The van der Waals surface area contributed by atoms with Crippen molar-refractivity contribution in [3.05, 3.63) is 37.1 Å². The van der Waals surface area contributed by atoms with Crippen molar-refractivity contribution in [2.75, 3.05) is 6.61 Å². The topological polar surface area (TPSA) is 26.3 Å². The molecule has 0 aromatic heterocycles. The van der Waals surface area contributed by atoms with E-state index in [-0.39, 0.29) is 6.61 Å². The van der Waals surface area contributed by atoms with Crippen LogP contribution in [0.15, 0.2) is 37.1 Å². The minimum absolute atomic E-state index is 0.0667. The smallest absolute Gasteiger partial charge is 0.157 e. The van der Waals surface area contributed by atoms with Crippen molar-refractivity contribution in [2.45, 2.75) is 6.42 Å². The average Bonchev–Trinajstić information content (AvgIpc) is 2.01. The number of hydrogen-bond donors (Lipinski definition) is 0. The van der Waals surface area contributed by atoms with E-state index < -0.39 is 0 Å². The lowest BCUT2D eigenvalue weighted by Gasteiger charge is -1.98. The first kappa shape index (κ1) is 9.69. The van der Waals surface area contributed by atoms with Gasteiger partial charge in [0.15, 0.2) is 6.29 Å². The number of ether oxygens (including phenoxy) is 1. The number of carbonyl (C=O) groups excluding carboxylic acids is 1. The van der Waals surface area contributed by atoms with Crippen molar-refractivity contribution < 1.29 is 9.53 Å². The Morgan fingerprint density at radius 3 is 2.82 bits per heavy atom. The van der Waals surface area contributed by atoms with Gasteiger partial charge in [0, 0.05) is 0 Å². The normalized spacial score (nSPS) is 9.45. The third-order valence-corrected chi connectivity index (χ3v) is 0.943. The molecule has 60 valence electrons. The summed E-state index contributed by atoms with van der Waals surface area (Å²) in [6.45, 7) is 7.17. The van der Waals surface area contributed by atoms with Gasteiger partial charge in [-0.2, -0.15) is 0 Å². The lowest BCUT2D eigenvalue weighted by molar-refractivity contribution is -0.110. The summed E-state index contributed by atoms with van der Waals surface area (Å²) in [5.74, 6) is 0.499. The van der Waals surface area contributed by atoms with Gasteiger partial charge in [-0.3, -0.25) is 4.79 Å². The van der Waals surface area contributed by atoms with Gasteiger partial charge >= 0.3 is 0 Å². The van der Waals surface area contributed by atoms with Crippen molar-refractivity contribution in [1.82, 2.24) is 0 Å². The van der Waals surface area contributed by atoms with Crippen molar-refractivity contribution in [3.63, 3.8) is 0 Å². The van der Waals surface area contributed by atoms with Crippen LogP contribution in [0.25, 0.3) is 0 Å². The van der Waals surface area contributed by atoms with E-state index in [1.54, 1.807) is 12.2 Å². The highest BCUT2D eigenvalue weighted by Gasteiger charge is 1.84. The van der Waals surface area contributed by atoms with E-state index >= 15 is 0 Å². The number of rotatable bonds is 6. The SMILES string of the molecule is C=CC/C=C\C(=C)OCC=O. The van der Waals surface area contributed by atoms with Gasteiger partial charge in [0.25, 0.3) is 0 Å². The van der Waals surface area contributed by atoms with Crippen molar-refractivity contribution in [2.24, 2.45) is 0 Å². The van der Waals surface area contributed by atoms with Crippen LogP contribution >= 0.6 is 0 Å². The lowest BCUT2D eigenvalue weighted by Crippen LogP contribution is -1.91. The van der Waals surface area contributed by atoms with Crippen LogP contribution in [-0.2, 0) is 9.53 Å². The molecule has 0 N–H and O–H groups in total. The Labute approximate surface area is 66.9 Å². The molecule has 0 unspecified atom stereocenters. The van der Waals surface area contributed by atoms with Crippen LogP contribution in [0.4, 0.5) is 0 Å². The molecule has 0 fully saturated rings. The minimum atomic E-state index is 0.0667. The summed E-state index contributed by atoms with van der Waals surface area (Å²) in [7, 11) is 0. The Morgan fingerprint density at radius 2 is 2.27 bits per heavy atom. The molecule has 0 atom stereocenters. The monoisotopic (exact) mass is 152 g/mol. The van der Waals surface area contributed by atoms with Gasteiger partial charge in [-0.05, 0) is 12.5 Å². The van der Waals surface area contributed by atoms with E-state index in [2.05, 4.69) is 13.2 Å². The molecule has 0 saturated carbocycles. The van der Waals surface area contributed by atoms with E-state index in [9.17, 15) is 4.79 Å². The second-order valence-electron chi connectivity index (χ2n) is 1.87. The zero-order chi connectivity index (χ0) is 8.53. The van der Waals surface area contributed by atoms with Crippen molar-refractivity contribution in [1.29, 1.82) is 0 Å². The van der Waals surface area contributed by atoms with Gasteiger partial charge in [0.2, 0.25) is 0 Å². The zero-order valence-corrected chi connectivity index (χ0v) is 6.45. The first-order valence-electron chi connectivity index (χ1n) is 3.34. The van der Waals surface area contributed by atoms with Crippen LogP contribution in [0.3, 0.4) is 0 Å². The van der Waals surface area contributed by atoms with E-state index in [0.717, 1.165) is 6.42 Å². The third kappa shape index (κ3) is 6.58. The number of hydrogen-bond acceptors (Lipinski definition) is 2. The summed E-state index contributed by atoms with van der Waals surface area (Å²) in [5, 5.41) is 0. The first-order valence-corrected chi connectivity index (χ1v) is 3.34. The maximum absolute atomic E-state index is 9.83. The zero-order valence-electron chi connectivity index (χ0n) is 6.45. The number of aldehydes is 1. The fourth-order valence-electron chi connectivity index (χ4n) is 0.485. The molecular formula is C9H12O2. The first-order chi connectivity index (χ1) is 5.31. The number of carbonyl (C=O) groups is 1. The molecule has 0 rings (SSSR count). The molecule has 0 saturated heterocycles. The summed E-state index contributed by atoms with van der Waals surface area (Å²) < 4.78 is 4.85. The lowest BCUT2D eigenvalue weighted by atomic mass is 10.3. The van der Waals surface area contributed by atoms with Gasteiger partial charge in [-0.15, -0.1) is 6.58 Å². The van der Waals surface area contributed by atoms with Gasteiger partial charge in [0.1, 0.15) is 12.4 Å². The quantitative estimate of drug-likeness (QED) is 0.251. The summed E-state index contributed by atoms with van der Waals surface area (Å²) in [4.78, 5) is 9.83. The highest BCUT2D eigenvalue weighted by molar-refractivity contribution is 5.50. The van der Waals surface area contributed by atoms with Crippen LogP contribution in [0, 0.1) is 0 Å². The molecule has 2 heteroatoms. The minimum Gasteiger partial charge on any atom is -0.487 e. The molecule has 11 heavy (non-hydrogen) atoms. The summed E-state index contributed by atoms with van der Waals surface area (Å²) in [5.41, 5.74) is 0. The molecule has 0 radical (unpaired) electrons. The van der Waals surface area contributed by atoms with Gasteiger partial charge < -0.3 is 4.74 Å². The maximum atomic E-state index is 9.83. The van der Waals surface area contributed by atoms with Crippen LogP contribution in [0.1, 0.15) is 6.42 Å². The summed E-state index contributed by atoms with van der Waals surface area (Å²) in [6, 6.07) is 0. The van der Waals surface area contributed by atoms with Crippen LogP contribution in [0.2, 0.25) is 0 Å². The molecule has 0 aliphatic heterocycles. The Bertz CT molecular complexity index is 168. The van der Waals surface area contributed by atoms with E-state index in [4.69, 9.17) is 4.74 Å². The largest absolute Gasteiger partial charge is 0.487 e. The third-order valence-electron chi connectivity index (χ3n) is 0.943. The predicted molar refractivity (Wildman–Crippen MR) is 45.1 cm³/mol. The average molecular weight is 152 g/mol. The van der Waals surface area contributed by atoms with E-state index in [1.165, 1.54) is 0 Å². The van der Waals surface area contributed by atoms with Crippen LogP contribution < -0.4 is 0 Å². The number of allylic oxidation sites excluding steroid dienone is 3. The van der Waals surface area contributed by atoms with Gasteiger partial charge in [0.05, 0.1) is 0 Å². The Kier molecular flexibility index (Phi) is 5.99. The summed E-state index contributed by atoms with van der Waals surface area (Å²) >= 11 is 0. The molecular weight excluding hydrogens is 140 g/mol. The Balaban J connectivity index is 3.50. The summed E-state index contributed by atoms with van der Waals surface area (Å²) in [6.07, 6.45) is 6.81. The van der Waals surface area contributed by atoms with Gasteiger partial charge in [-0.25, -0.2) is 0 Å². The highest BCUT2D eigenvalue weighted by atomic mass is 16.5. The van der Waals surface area contributed by atoms with Gasteiger partial charge in [-0.1, -0.05) is 18.7 Å². The van der Waals surface area contributed by atoms with Crippen LogP contribution in [-0.4, -0.2) is 12.9 Å². The maximum Gasteiger partial charge on any atom is 0.157 e. The van der Waals surface area contributed by atoms with Crippen LogP contribution in [0.5, 0.6) is 0 Å². The molecule has 0 aromatic carbocycles. The second kappa shape index (κ2) is 6.81. The molecule has 0 aliphatic rings. The standard InChI is InChI=1S/C9H12O2/c1-3-4-5-6-9(2)11-8-7-10/h3,5-7H,1-2,4,8H2/b6-5-. The second-order valence-corrected chi connectivity index (χ2v) is 1.87. The fourth-order valence-corrected chi connectivity index (χ4v) is 0.485. The molecule has 0 aliphatic carbocycles. The van der Waals surface area contributed by atoms with Crippen molar-refractivity contribution >= 4 is 6.29 Å². The Hall–Kier alpha value is -1.31. The highest BCUT2D eigenvalue weighted by Crippen LogP contribution is 1.95. The molecule has 0 bridgehead atoms. The molecule has 0 amide bonds. The molecule has 0 heterocycles. The molecule has 0 spiro atoms.